The van der Waals surface area contributed by atoms with Crippen LogP contribution in [0.25, 0.3) is 4.96 Å². The molecule has 0 spiro atoms. The van der Waals surface area contributed by atoms with E-state index < -0.39 is 0 Å². The van der Waals surface area contributed by atoms with Gasteiger partial charge in [-0.15, -0.1) is 11.3 Å². The highest BCUT2D eigenvalue weighted by atomic mass is 32.1. The van der Waals surface area contributed by atoms with Crippen molar-refractivity contribution in [1.29, 1.82) is 0 Å². The van der Waals surface area contributed by atoms with E-state index in [0.29, 0.717) is 22.8 Å². The lowest BCUT2D eigenvalue weighted by Gasteiger charge is -2.08. The molecule has 0 fully saturated rings. The molecule has 0 aliphatic rings. The van der Waals surface area contributed by atoms with Crippen LogP contribution < -0.4 is 11.3 Å². The highest BCUT2D eigenvalue weighted by Gasteiger charge is 2.12. The lowest BCUT2D eigenvalue weighted by molar-refractivity contribution is 1.03. The lowest BCUT2D eigenvalue weighted by Crippen LogP contribution is -2.19. The minimum atomic E-state index is -0.233. The molecule has 4 nitrogen and oxygen atoms in total. The van der Waals surface area contributed by atoms with Crippen LogP contribution in [0.1, 0.15) is 16.7 Å². The Kier molecular flexibility index (Phi) is 2.83. The third-order valence-electron chi connectivity index (χ3n) is 3.24. The van der Waals surface area contributed by atoms with E-state index in [-0.39, 0.29) is 5.56 Å². The molecule has 5 heteroatoms. The topological polar surface area (TPSA) is 60.4 Å². The second-order valence-corrected chi connectivity index (χ2v) is 5.31. The Morgan fingerprint density at radius 1 is 1.37 bits per heavy atom. The molecule has 0 aliphatic carbocycles. The van der Waals surface area contributed by atoms with E-state index in [0.717, 1.165) is 11.1 Å². The molecule has 0 unspecified atom stereocenters. The van der Waals surface area contributed by atoms with Crippen molar-refractivity contribution >= 4 is 22.1 Å². The number of thiazole rings is 1. The molecule has 3 rings (SSSR count). The minimum Gasteiger partial charge on any atom is -0.384 e. The van der Waals surface area contributed by atoms with E-state index in [1.54, 1.807) is 4.40 Å². The summed E-state index contributed by atoms with van der Waals surface area (Å²) in [6.45, 7) is 2.03. The zero-order valence-corrected chi connectivity index (χ0v) is 11.3. The summed E-state index contributed by atoms with van der Waals surface area (Å²) in [6.07, 6.45) is 2.35. The highest BCUT2D eigenvalue weighted by molar-refractivity contribution is 7.15. The zero-order chi connectivity index (χ0) is 13.4. The zero-order valence-electron chi connectivity index (χ0n) is 10.5. The van der Waals surface area contributed by atoms with Gasteiger partial charge in [0.25, 0.3) is 5.56 Å². The fourth-order valence-corrected chi connectivity index (χ4v) is 2.82. The third-order valence-corrected chi connectivity index (χ3v) is 4.00. The number of hydrogen-bond donors (Lipinski definition) is 1. The van der Waals surface area contributed by atoms with E-state index in [2.05, 4.69) is 4.98 Å². The molecule has 96 valence electrons. The average Bonchev–Trinajstić information content (AvgIpc) is 2.84. The van der Waals surface area contributed by atoms with Gasteiger partial charge in [0, 0.05) is 18.0 Å². The number of benzene rings is 1. The van der Waals surface area contributed by atoms with Crippen molar-refractivity contribution in [3.63, 3.8) is 0 Å². The number of aryl methyl sites for hydroxylation is 1. The van der Waals surface area contributed by atoms with Crippen molar-refractivity contribution < 1.29 is 0 Å². The molecule has 0 radical (unpaired) electrons. The third kappa shape index (κ3) is 2.02. The summed E-state index contributed by atoms with van der Waals surface area (Å²) in [4.78, 5) is 16.8. The van der Waals surface area contributed by atoms with Crippen molar-refractivity contribution in [2.75, 3.05) is 5.73 Å². The van der Waals surface area contributed by atoms with Crippen molar-refractivity contribution in [3.05, 3.63) is 62.9 Å². The van der Waals surface area contributed by atoms with Crippen molar-refractivity contribution in [3.8, 4) is 0 Å². The van der Waals surface area contributed by atoms with Crippen LogP contribution in [0.3, 0.4) is 0 Å². The minimum absolute atomic E-state index is 0.233. The molecule has 0 aliphatic heterocycles. The van der Waals surface area contributed by atoms with E-state index in [1.807, 2.05) is 42.8 Å². The first-order chi connectivity index (χ1) is 9.16. The second kappa shape index (κ2) is 4.51. The summed E-state index contributed by atoms with van der Waals surface area (Å²) in [6, 6.07) is 7.98. The van der Waals surface area contributed by atoms with Gasteiger partial charge in [0.05, 0.1) is 5.56 Å². The van der Waals surface area contributed by atoms with Gasteiger partial charge < -0.3 is 5.73 Å². The summed E-state index contributed by atoms with van der Waals surface area (Å²) >= 11 is 1.41. The molecule has 2 N–H and O–H groups in total. The molecular formula is C14H13N3OS. The van der Waals surface area contributed by atoms with Crippen LogP contribution in [-0.2, 0) is 6.42 Å². The van der Waals surface area contributed by atoms with Gasteiger partial charge in [-0.05, 0) is 18.1 Å². The summed E-state index contributed by atoms with van der Waals surface area (Å²) in [7, 11) is 0. The molecule has 0 atom stereocenters. The predicted octanol–water partition coefficient (Wildman–Crippen LogP) is 2.24. The van der Waals surface area contributed by atoms with Crippen molar-refractivity contribution in [1.82, 2.24) is 9.38 Å². The largest absolute Gasteiger partial charge is 0.384 e. The number of anilines is 1. The molecule has 19 heavy (non-hydrogen) atoms. The quantitative estimate of drug-likeness (QED) is 0.777. The normalized spacial score (nSPS) is 11.0. The van der Waals surface area contributed by atoms with Gasteiger partial charge in [0.2, 0.25) is 0 Å². The van der Waals surface area contributed by atoms with Gasteiger partial charge in [0.1, 0.15) is 5.82 Å². The summed E-state index contributed by atoms with van der Waals surface area (Å²) in [5.41, 5.74) is 8.67. The maximum atomic E-state index is 12.1. The maximum absolute atomic E-state index is 12.1. The van der Waals surface area contributed by atoms with Crippen LogP contribution in [0, 0.1) is 6.92 Å². The smallest absolute Gasteiger partial charge is 0.279 e. The van der Waals surface area contributed by atoms with Crippen molar-refractivity contribution in [2.24, 2.45) is 0 Å². The van der Waals surface area contributed by atoms with Crippen LogP contribution in [0.4, 0.5) is 5.82 Å². The van der Waals surface area contributed by atoms with Crippen LogP contribution in [0.2, 0.25) is 0 Å². The van der Waals surface area contributed by atoms with E-state index in [4.69, 9.17) is 5.73 Å². The van der Waals surface area contributed by atoms with Gasteiger partial charge in [-0.1, -0.05) is 24.3 Å². The SMILES string of the molecule is Cc1ccccc1Cc1c(N)n2ccsc2nc1=O. The molecule has 2 heterocycles. The van der Waals surface area contributed by atoms with Gasteiger partial charge in [-0.25, -0.2) is 0 Å². The number of hydrogen-bond acceptors (Lipinski definition) is 4. The molecule has 0 bridgehead atoms. The fraction of sp³-hybridized carbons (Fsp3) is 0.143. The van der Waals surface area contributed by atoms with Gasteiger partial charge in [-0.2, -0.15) is 4.98 Å². The Hall–Kier alpha value is -2.14. The van der Waals surface area contributed by atoms with Gasteiger partial charge in [0.15, 0.2) is 4.96 Å². The molecule has 0 saturated heterocycles. The fourth-order valence-electron chi connectivity index (χ4n) is 2.11. The molecule has 3 aromatic rings. The first-order valence-corrected chi connectivity index (χ1v) is 6.83. The average molecular weight is 271 g/mol. The number of nitrogens with two attached hydrogens (primary N) is 1. The first-order valence-electron chi connectivity index (χ1n) is 5.95. The Bertz CT molecular complexity index is 804. The first kappa shape index (κ1) is 11.9. The van der Waals surface area contributed by atoms with Crippen LogP contribution in [0.5, 0.6) is 0 Å². The predicted molar refractivity (Wildman–Crippen MR) is 77.7 cm³/mol. The molecule has 0 saturated carbocycles. The number of nitrogen functional groups attached to an aromatic ring is 1. The Morgan fingerprint density at radius 2 is 2.16 bits per heavy atom. The van der Waals surface area contributed by atoms with Gasteiger partial charge >= 0.3 is 0 Å². The summed E-state index contributed by atoms with van der Waals surface area (Å²) in [5.74, 6) is 0.486. The number of rotatable bonds is 2. The van der Waals surface area contributed by atoms with E-state index >= 15 is 0 Å². The Morgan fingerprint density at radius 3 is 2.95 bits per heavy atom. The Balaban J connectivity index is 2.15. The van der Waals surface area contributed by atoms with Crippen LogP contribution >= 0.6 is 11.3 Å². The van der Waals surface area contributed by atoms with Crippen LogP contribution in [0.15, 0.2) is 40.6 Å². The van der Waals surface area contributed by atoms with Crippen molar-refractivity contribution in [2.45, 2.75) is 13.3 Å². The molecular weight excluding hydrogens is 258 g/mol. The maximum Gasteiger partial charge on any atom is 0.279 e. The molecule has 1 aromatic carbocycles. The standard InChI is InChI=1S/C14H13N3OS/c1-9-4-2-3-5-10(9)8-11-12(15)17-6-7-19-14(17)16-13(11)18/h2-7H,8,15H2,1H3. The number of nitrogens with zero attached hydrogens (tertiary/aromatic N) is 2. The molecule has 0 amide bonds. The summed E-state index contributed by atoms with van der Waals surface area (Å²) < 4.78 is 1.76. The molecule has 2 aromatic heterocycles. The summed E-state index contributed by atoms with van der Waals surface area (Å²) in [5, 5.41) is 1.87. The van der Waals surface area contributed by atoms with E-state index in [9.17, 15) is 4.79 Å². The van der Waals surface area contributed by atoms with Gasteiger partial charge in [-0.3, -0.25) is 9.20 Å². The number of aromatic nitrogens is 2. The van der Waals surface area contributed by atoms with E-state index in [1.165, 1.54) is 11.3 Å². The monoisotopic (exact) mass is 271 g/mol. The highest BCUT2D eigenvalue weighted by Crippen LogP contribution is 2.18. The number of fused-ring (bicyclic) bond motifs is 1. The lowest BCUT2D eigenvalue weighted by atomic mass is 10.0. The van der Waals surface area contributed by atoms with Crippen LogP contribution in [-0.4, -0.2) is 9.38 Å². The second-order valence-electron chi connectivity index (χ2n) is 4.44. The Labute approximate surface area is 114 Å².